The summed E-state index contributed by atoms with van der Waals surface area (Å²) in [6, 6.07) is 9.22. The summed E-state index contributed by atoms with van der Waals surface area (Å²) in [5, 5.41) is 0. The SMILES string of the molecule is CC(=O)OC[C@H]1Cn2c(c(-c3ccccc3)c(=O)[nH]c2=S)O1. The lowest BCUT2D eigenvalue weighted by Gasteiger charge is -2.10. The van der Waals surface area contributed by atoms with Gasteiger partial charge in [-0.15, -0.1) is 0 Å². The molecule has 1 aromatic carbocycles. The van der Waals surface area contributed by atoms with Crippen molar-refractivity contribution in [3.63, 3.8) is 0 Å². The van der Waals surface area contributed by atoms with Crippen LogP contribution in [0.2, 0.25) is 0 Å². The van der Waals surface area contributed by atoms with E-state index in [-0.39, 0.29) is 24.2 Å². The predicted molar refractivity (Wildman–Crippen MR) is 82.4 cm³/mol. The fourth-order valence-corrected chi connectivity index (χ4v) is 2.65. The van der Waals surface area contributed by atoms with E-state index in [2.05, 4.69) is 4.98 Å². The Bertz CT molecular complexity index is 826. The molecular formula is C15H14N2O4S. The first-order chi connectivity index (χ1) is 10.6. The molecule has 1 aromatic heterocycles. The first-order valence-corrected chi connectivity index (χ1v) is 7.19. The number of benzene rings is 1. The topological polar surface area (TPSA) is 73.3 Å². The van der Waals surface area contributed by atoms with E-state index in [0.717, 1.165) is 5.56 Å². The van der Waals surface area contributed by atoms with Crippen LogP contribution in [0, 0.1) is 4.77 Å². The van der Waals surface area contributed by atoms with Crippen molar-refractivity contribution in [2.75, 3.05) is 6.61 Å². The van der Waals surface area contributed by atoms with E-state index in [4.69, 9.17) is 21.7 Å². The van der Waals surface area contributed by atoms with Crippen LogP contribution >= 0.6 is 12.2 Å². The number of ether oxygens (including phenoxy) is 2. The lowest BCUT2D eigenvalue weighted by Crippen LogP contribution is -2.22. The van der Waals surface area contributed by atoms with Gasteiger partial charge >= 0.3 is 5.97 Å². The summed E-state index contributed by atoms with van der Waals surface area (Å²) < 4.78 is 12.8. The largest absolute Gasteiger partial charge is 0.469 e. The van der Waals surface area contributed by atoms with Gasteiger partial charge in [-0.2, -0.15) is 0 Å². The average Bonchev–Trinajstić information content (AvgIpc) is 2.90. The number of hydrogen-bond donors (Lipinski definition) is 1. The minimum atomic E-state index is -0.373. The van der Waals surface area contributed by atoms with Crippen LogP contribution in [0.15, 0.2) is 35.1 Å². The van der Waals surface area contributed by atoms with Crippen LogP contribution in [0.4, 0.5) is 0 Å². The molecular weight excluding hydrogens is 304 g/mol. The van der Waals surface area contributed by atoms with Crippen molar-refractivity contribution in [2.45, 2.75) is 19.6 Å². The van der Waals surface area contributed by atoms with Gasteiger partial charge in [0.05, 0.1) is 6.54 Å². The number of fused-ring (bicyclic) bond motifs is 1. The van der Waals surface area contributed by atoms with Gasteiger partial charge < -0.3 is 9.47 Å². The molecule has 0 bridgehead atoms. The summed E-state index contributed by atoms with van der Waals surface area (Å²) in [5.74, 6) is 0.0413. The Hall–Kier alpha value is -2.41. The van der Waals surface area contributed by atoms with Crippen molar-refractivity contribution in [2.24, 2.45) is 0 Å². The molecule has 6 nitrogen and oxygen atoms in total. The third kappa shape index (κ3) is 2.67. The van der Waals surface area contributed by atoms with Crippen molar-refractivity contribution < 1.29 is 14.3 Å². The van der Waals surface area contributed by atoms with Crippen molar-refractivity contribution in [1.29, 1.82) is 0 Å². The van der Waals surface area contributed by atoms with Crippen molar-refractivity contribution in [3.05, 3.63) is 45.5 Å². The Balaban J connectivity index is 2.03. The van der Waals surface area contributed by atoms with Crippen LogP contribution < -0.4 is 10.3 Å². The summed E-state index contributed by atoms with van der Waals surface area (Å²) in [5.41, 5.74) is 0.880. The third-order valence-electron chi connectivity index (χ3n) is 3.35. The number of rotatable bonds is 3. The highest BCUT2D eigenvalue weighted by molar-refractivity contribution is 7.71. The molecule has 1 atom stereocenters. The molecule has 0 spiro atoms. The molecule has 114 valence electrons. The Kier molecular flexibility index (Phi) is 3.81. The zero-order valence-corrected chi connectivity index (χ0v) is 12.7. The molecule has 2 aromatic rings. The standard InChI is InChI=1S/C15H14N2O4S/c1-9(18)20-8-11-7-17-14(21-11)12(13(19)16-15(17)22)10-5-3-2-4-6-10/h2-6,11H,7-8H2,1H3,(H,16,19,22)/t11-/m1/s1. The number of carbonyl (C=O) groups is 1. The minimum absolute atomic E-state index is 0.119. The average molecular weight is 318 g/mol. The molecule has 0 radical (unpaired) electrons. The molecule has 2 heterocycles. The summed E-state index contributed by atoms with van der Waals surface area (Å²) in [6.45, 7) is 1.89. The van der Waals surface area contributed by atoms with Gasteiger partial charge in [0.1, 0.15) is 12.2 Å². The van der Waals surface area contributed by atoms with E-state index < -0.39 is 0 Å². The Morgan fingerprint density at radius 2 is 2.18 bits per heavy atom. The van der Waals surface area contributed by atoms with Crippen LogP contribution in [0.1, 0.15) is 6.92 Å². The number of carbonyl (C=O) groups excluding carboxylic acids is 1. The Morgan fingerprint density at radius 3 is 2.86 bits per heavy atom. The highest BCUT2D eigenvalue weighted by Crippen LogP contribution is 2.31. The van der Waals surface area contributed by atoms with Crippen LogP contribution in [0.5, 0.6) is 5.88 Å². The van der Waals surface area contributed by atoms with Gasteiger partial charge in [0.15, 0.2) is 10.9 Å². The molecule has 1 aliphatic rings. The fraction of sp³-hybridized carbons (Fsp3) is 0.267. The van der Waals surface area contributed by atoms with Crippen molar-refractivity contribution in [3.8, 4) is 17.0 Å². The molecule has 0 fully saturated rings. The van der Waals surface area contributed by atoms with Crippen LogP contribution in [0.25, 0.3) is 11.1 Å². The number of H-pyrrole nitrogens is 1. The van der Waals surface area contributed by atoms with Crippen LogP contribution in [-0.2, 0) is 16.1 Å². The maximum atomic E-state index is 12.3. The number of aromatic nitrogens is 2. The van der Waals surface area contributed by atoms with E-state index in [1.807, 2.05) is 30.3 Å². The lowest BCUT2D eigenvalue weighted by atomic mass is 10.1. The number of esters is 1. The van der Waals surface area contributed by atoms with Crippen molar-refractivity contribution in [1.82, 2.24) is 9.55 Å². The highest BCUT2D eigenvalue weighted by atomic mass is 32.1. The Labute approximate surface area is 131 Å². The third-order valence-corrected chi connectivity index (χ3v) is 3.67. The number of nitrogens with zero attached hydrogens (tertiary/aromatic N) is 1. The second-order valence-corrected chi connectivity index (χ2v) is 5.35. The van der Waals surface area contributed by atoms with E-state index in [1.54, 1.807) is 4.57 Å². The first kappa shape index (κ1) is 14.5. The second-order valence-electron chi connectivity index (χ2n) is 4.96. The van der Waals surface area contributed by atoms with Gasteiger partial charge in [0.2, 0.25) is 5.88 Å². The number of nitrogens with one attached hydrogen (secondary N) is 1. The molecule has 3 rings (SSSR count). The number of hydrogen-bond acceptors (Lipinski definition) is 5. The molecule has 22 heavy (non-hydrogen) atoms. The molecule has 0 amide bonds. The van der Waals surface area contributed by atoms with Crippen molar-refractivity contribution >= 4 is 18.2 Å². The summed E-state index contributed by atoms with van der Waals surface area (Å²) in [4.78, 5) is 25.9. The molecule has 0 saturated heterocycles. The van der Waals surface area contributed by atoms with Gasteiger partial charge in [0, 0.05) is 6.92 Å². The second kappa shape index (κ2) is 5.76. The molecule has 0 aliphatic carbocycles. The summed E-state index contributed by atoms with van der Waals surface area (Å²) >= 11 is 5.18. The first-order valence-electron chi connectivity index (χ1n) is 6.79. The van der Waals surface area contributed by atoms with E-state index in [0.29, 0.717) is 22.8 Å². The summed E-state index contributed by atoms with van der Waals surface area (Å²) in [7, 11) is 0. The number of aromatic amines is 1. The maximum absolute atomic E-state index is 12.3. The lowest BCUT2D eigenvalue weighted by molar-refractivity contribution is -0.143. The molecule has 0 saturated carbocycles. The zero-order chi connectivity index (χ0) is 15.7. The summed E-state index contributed by atoms with van der Waals surface area (Å²) in [6.07, 6.45) is -0.358. The van der Waals surface area contributed by atoms with Gasteiger partial charge in [-0.05, 0) is 17.8 Å². The quantitative estimate of drug-likeness (QED) is 0.691. The monoisotopic (exact) mass is 318 g/mol. The predicted octanol–water partition coefficient (Wildman–Crippen LogP) is 1.90. The van der Waals surface area contributed by atoms with E-state index in [9.17, 15) is 9.59 Å². The normalized spacial score (nSPS) is 16.0. The molecule has 1 aliphatic heterocycles. The molecule has 0 unspecified atom stereocenters. The van der Waals surface area contributed by atoms with Crippen LogP contribution in [0.3, 0.4) is 0 Å². The van der Waals surface area contributed by atoms with Gasteiger partial charge in [0.25, 0.3) is 5.56 Å². The smallest absolute Gasteiger partial charge is 0.302 e. The van der Waals surface area contributed by atoms with E-state index in [1.165, 1.54) is 6.92 Å². The fourth-order valence-electron chi connectivity index (χ4n) is 2.39. The minimum Gasteiger partial charge on any atom is -0.469 e. The maximum Gasteiger partial charge on any atom is 0.302 e. The zero-order valence-electron chi connectivity index (χ0n) is 11.9. The van der Waals surface area contributed by atoms with Crippen LogP contribution in [-0.4, -0.2) is 28.2 Å². The molecule has 7 heteroatoms. The van der Waals surface area contributed by atoms with Gasteiger partial charge in [-0.3, -0.25) is 19.1 Å². The van der Waals surface area contributed by atoms with Gasteiger partial charge in [-0.1, -0.05) is 30.3 Å². The Morgan fingerprint density at radius 1 is 1.45 bits per heavy atom. The highest BCUT2D eigenvalue weighted by Gasteiger charge is 2.28. The van der Waals surface area contributed by atoms with E-state index >= 15 is 0 Å². The van der Waals surface area contributed by atoms with Gasteiger partial charge in [-0.25, -0.2) is 0 Å². The molecule has 1 N–H and O–H groups in total.